The van der Waals surface area contributed by atoms with Crippen LogP contribution >= 0.6 is 11.3 Å². The van der Waals surface area contributed by atoms with Crippen molar-refractivity contribution in [2.24, 2.45) is 10.7 Å². The first-order chi connectivity index (χ1) is 12.6. The number of thiazole rings is 1. The van der Waals surface area contributed by atoms with Crippen LogP contribution in [0.1, 0.15) is 10.4 Å². The summed E-state index contributed by atoms with van der Waals surface area (Å²) >= 11 is 1.50. The maximum atomic E-state index is 11.5. The molecule has 0 atom stereocenters. The quantitative estimate of drug-likeness (QED) is 0.700. The molecule has 0 saturated heterocycles. The van der Waals surface area contributed by atoms with Crippen LogP contribution in [0.15, 0.2) is 58.9 Å². The SMILES string of the molecule is COCCn1c(-c2ccc(O)c(C(N)=O)c2)csc1=Nc1ccccc1. The fraction of sp³-hybridized carbons (Fsp3) is 0.158. The monoisotopic (exact) mass is 369 g/mol. The molecule has 0 fully saturated rings. The van der Waals surface area contributed by atoms with Crippen LogP contribution in [0.5, 0.6) is 5.75 Å². The van der Waals surface area contributed by atoms with E-state index in [9.17, 15) is 9.90 Å². The highest BCUT2D eigenvalue weighted by Crippen LogP contribution is 2.26. The highest BCUT2D eigenvalue weighted by atomic mass is 32.1. The van der Waals surface area contributed by atoms with Crippen LogP contribution in [-0.2, 0) is 11.3 Å². The number of methoxy groups -OCH3 is 1. The molecule has 0 saturated carbocycles. The minimum Gasteiger partial charge on any atom is -0.507 e. The normalized spacial score (nSPS) is 11.7. The Labute approximate surface area is 154 Å². The molecule has 0 aliphatic heterocycles. The minimum atomic E-state index is -0.669. The molecular weight excluding hydrogens is 350 g/mol. The van der Waals surface area contributed by atoms with E-state index in [1.54, 1.807) is 19.2 Å². The minimum absolute atomic E-state index is 0.0912. The number of hydrogen-bond acceptors (Lipinski definition) is 5. The van der Waals surface area contributed by atoms with Gasteiger partial charge in [0, 0.05) is 24.6 Å². The number of carbonyl (C=O) groups excluding carboxylic acids is 1. The summed E-state index contributed by atoms with van der Waals surface area (Å²) in [5.74, 6) is -0.800. The molecule has 0 spiro atoms. The first kappa shape index (κ1) is 17.9. The lowest BCUT2D eigenvalue weighted by Gasteiger charge is -2.10. The second-order valence-electron chi connectivity index (χ2n) is 5.59. The van der Waals surface area contributed by atoms with E-state index >= 15 is 0 Å². The van der Waals surface area contributed by atoms with Crippen LogP contribution in [0.3, 0.4) is 0 Å². The van der Waals surface area contributed by atoms with Gasteiger partial charge >= 0.3 is 0 Å². The Morgan fingerprint density at radius 1 is 1.27 bits per heavy atom. The van der Waals surface area contributed by atoms with Crippen molar-refractivity contribution in [3.8, 4) is 17.0 Å². The summed E-state index contributed by atoms with van der Waals surface area (Å²) in [6.07, 6.45) is 0. The van der Waals surface area contributed by atoms with Gasteiger partial charge < -0.3 is 20.1 Å². The van der Waals surface area contributed by atoms with E-state index < -0.39 is 5.91 Å². The van der Waals surface area contributed by atoms with Crippen molar-refractivity contribution in [3.05, 3.63) is 64.3 Å². The number of nitrogens with two attached hydrogens (primary N) is 1. The van der Waals surface area contributed by atoms with Crippen LogP contribution in [-0.4, -0.2) is 29.3 Å². The topological polar surface area (TPSA) is 89.8 Å². The molecule has 2 aromatic carbocycles. The Kier molecular flexibility index (Phi) is 5.50. The molecule has 0 unspecified atom stereocenters. The number of carbonyl (C=O) groups is 1. The molecule has 0 aliphatic carbocycles. The van der Waals surface area contributed by atoms with E-state index in [1.807, 2.05) is 40.3 Å². The van der Waals surface area contributed by atoms with Gasteiger partial charge in [-0.1, -0.05) is 18.2 Å². The molecule has 6 nitrogen and oxygen atoms in total. The summed E-state index contributed by atoms with van der Waals surface area (Å²) in [6.45, 7) is 1.13. The zero-order chi connectivity index (χ0) is 18.5. The predicted octanol–water partition coefficient (Wildman–Crippen LogP) is 2.90. The second-order valence-corrected chi connectivity index (χ2v) is 6.43. The molecule has 0 aliphatic rings. The number of ether oxygens (including phenoxy) is 1. The standard InChI is InChI=1S/C19H19N3O3S/c1-25-10-9-22-16(13-7-8-17(23)15(11-13)18(20)24)12-26-19(22)21-14-5-3-2-4-6-14/h2-8,11-12,23H,9-10H2,1H3,(H2,20,24). The molecule has 0 bridgehead atoms. The zero-order valence-electron chi connectivity index (χ0n) is 14.3. The number of para-hydroxylation sites is 1. The largest absolute Gasteiger partial charge is 0.507 e. The summed E-state index contributed by atoms with van der Waals surface area (Å²) in [7, 11) is 1.65. The fourth-order valence-electron chi connectivity index (χ4n) is 2.55. The summed E-state index contributed by atoms with van der Waals surface area (Å²) in [4.78, 5) is 17.0. The van der Waals surface area contributed by atoms with Gasteiger partial charge in [0.2, 0.25) is 0 Å². The average molecular weight is 369 g/mol. The highest BCUT2D eigenvalue weighted by Gasteiger charge is 2.13. The van der Waals surface area contributed by atoms with Gasteiger partial charge in [0.05, 0.1) is 23.6 Å². The lowest BCUT2D eigenvalue weighted by Crippen LogP contribution is -2.18. The van der Waals surface area contributed by atoms with Crippen LogP contribution in [0, 0.1) is 0 Å². The maximum Gasteiger partial charge on any atom is 0.252 e. The zero-order valence-corrected chi connectivity index (χ0v) is 15.1. The van der Waals surface area contributed by atoms with Gasteiger partial charge in [-0.3, -0.25) is 4.79 Å². The molecule has 0 radical (unpaired) electrons. The molecule has 1 amide bonds. The van der Waals surface area contributed by atoms with Crippen molar-refractivity contribution in [1.29, 1.82) is 0 Å². The number of phenols is 1. The Morgan fingerprint density at radius 2 is 2.04 bits per heavy atom. The summed E-state index contributed by atoms with van der Waals surface area (Å²) in [5.41, 5.74) is 7.95. The Balaban J connectivity index is 2.12. The van der Waals surface area contributed by atoms with Crippen LogP contribution in [0.25, 0.3) is 11.3 Å². The van der Waals surface area contributed by atoms with Crippen molar-refractivity contribution < 1.29 is 14.6 Å². The summed E-state index contributed by atoms with van der Waals surface area (Å²) in [6, 6.07) is 14.5. The maximum absolute atomic E-state index is 11.5. The lowest BCUT2D eigenvalue weighted by atomic mass is 10.1. The Bertz CT molecular complexity index is 977. The van der Waals surface area contributed by atoms with Crippen molar-refractivity contribution in [2.45, 2.75) is 6.54 Å². The molecule has 7 heteroatoms. The first-order valence-electron chi connectivity index (χ1n) is 8.00. The summed E-state index contributed by atoms with van der Waals surface area (Å²) in [5, 5.41) is 11.8. The molecule has 26 heavy (non-hydrogen) atoms. The molecule has 3 rings (SSSR count). The van der Waals surface area contributed by atoms with Crippen LogP contribution < -0.4 is 10.5 Å². The number of benzene rings is 2. The Morgan fingerprint density at radius 3 is 2.73 bits per heavy atom. The Hall–Kier alpha value is -2.90. The molecule has 1 aromatic heterocycles. The lowest BCUT2D eigenvalue weighted by molar-refractivity contribution is 0.0998. The van der Waals surface area contributed by atoms with E-state index in [-0.39, 0.29) is 11.3 Å². The molecule has 1 heterocycles. The van der Waals surface area contributed by atoms with Gasteiger partial charge in [-0.05, 0) is 30.3 Å². The molecular formula is C19H19N3O3S. The van der Waals surface area contributed by atoms with E-state index in [0.717, 1.165) is 21.7 Å². The van der Waals surface area contributed by atoms with E-state index in [1.165, 1.54) is 17.4 Å². The van der Waals surface area contributed by atoms with Gasteiger partial charge in [0.15, 0.2) is 4.80 Å². The van der Waals surface area contributed by atoms with Gasteiger partial charge in [0.1, 0.15) is 5.75 Å². The second kappa shape index (κ2) is 7.99. The average Bonchev–Trinajstić information content (AvgIpc) is 3.03. The first-order valence-corrected chi connectivity index (χ1v) is 8.88. The molecule has 3 aromatic rings. The fourth-order valence-corrected chi connectivity index (χ4v) is 3.51. The van der Waals surface area contributed by atoms with Crippen LogP contribution in [0.2, 0.25) is 0 Å². The van der Waals surface area contributed by atoms with E-state index in [0.29, 0.717) is 13.2 Å². The van der Waals surface area contributed by atoms with E-state index in [2.05, 4.69) is 0 Å². The van der Waals surface area contributed by atoms with E-state index in [4.69, 9.17) is 15.5 Å². The van der Waals surface area contributed by atoms with Crippen molar-refractivity contribution in [1.82, 2.24) is 4.57 Å². The molecule has 3 N–H and O–H groups in total. The van der Waals surface area contributed by atoms with Gasteiger partial charge in [-0.15, -0.1) is 11.3 Å². The third kappa shape index (κ3) is 3.84. The third-order valence-electron chi connectivity index (χ3n) is 3.86. The third-order valence-corrected chi connectivity index (χ3v) is 4.72. The predicted molar refractivity (Wildman–Crippen MR) is 101 cm³/mol. The highest BCUT2D eigenvalue weighted by molar-refractivity contribution is 7.07. The van der Waals surface area contributed by atoms with Crippen molar-refractivity contribution >= 4 is 22.9 Å². The van der Waals surface area contributed by atoms with Gasteiger partial charge in [-0.25, -0.2) is 4.99 Å². The number of nitrogens with zero attached hydrogens (tertiary/aromatic N) is 2. The summed E-state index contributed by atoms with van der Waals surface area (Å²) < 4.78 is 7.25. The molecule has 134 valence electrons. The number of primary amides is 1. The number of amides is 1. The van der Waals surface area contributed by atoms with Crippen molar-refractivity contribution in [2.75, 3.05) is 13.7 Å². The number of aromatic hydroxyl groups is 1. The number of rotatable bonds is 6. The van der Waals surface area contributed by atoms with Crippen molar-refractivity contribution in [3.63, 3.8) is 0 Å². The van der Waals surface area contributed by atoms with Gasteiger partial charge in [-0.2, -0.15) is 0 Å². The smallest absolute Gasteiger partial charge is 0.252 e. The number of hydrogen-bond donors (Lipinski definition) is 2. The number of aromatic nitrogens is 1. The van der Waals surface area contributed by atoms with Gasteiger partial charge in [0.25, 0.3) is 5.91 Å². The van der Waals surface area contributed by atoms with Crippen LogP contribution in [0.4, 0.5) is 5.69 Å².